The van der Waals surface area contributed by atoms with Gasteiger partial charge in [0.1, 0.15) is 12.2 Å². The van der Waals surface area contributed by atoms with E-state index in [9.17, 15) is 24.5 Å². The summed E-state index contributed by atoms with van der Waals surface area (Å²) in [4.78, 5) is 48.8. The molecule has 0 aliphatic rings. The van der Waals surface area contributed by atoms with Gasteiger partial charge in [0.25, 0.3) is 11.6 Å². The highest BCUT2D eigenvalue weighted by atomic mass is 16.6. The molecule has 9 nitrogen and oxygen atoms in total. The molecule has 2 rings (SSSR count). The average molecular weight is 414 g/mol. The van der Waals surface area contributed by atoms with Gasteiger partial charge in [-0.05, 0) is 23.6 Å². The first-order valence-electron chi connectivity index (χ1n) is 9.02. The summed E-state index contributed by atoms with van der Waals surface area (Å²) >= 11 is 0. The van der Waals surface area contributed by atoms with Crippen molar-refractivity contribution in [3.63, 3.8) is 0 Å². The average Bonchev–Trinajstić information content (AvgIpc) is 2.75. The van der Waals surface area contributed by atoms with Crippen molar-refractivity contribution in [3.8, 4) is 0 Å². The number of nitro benzene ring substituents is 1. The second kappa shape index (κ2) is 10.1. The minimum atomic E-state index is -1.28. The van der Waals surface area contributed by atoms with Gasteiger partial charge in [-0.3, -0.25) is 24.5 Å². The molecule has 1 unspecified atom stereocenters. The SMILES string of the molecule is COC(=O)C(Cc1ccc([N+](=O)[O-])c(C(=O)N(C)C)c1)C(=O)OCc1ccccc1. The van der Waals surface area contributed by atoms with Crippen molar-refractivity contribution in [2.75, 3.05) is 21.2 Å². The number of benzene rings is 2. The van der Waals surface area contributed by atoms with Crippen LogP contribution < -0.4 is 0 Å². The van der Waals surface area contributed by atoms with E-state index in [1.807, 2.05) is 6.07 Å². The Morgan fingerprint density at radius 2 is 1.70 bits per heavy atom. The second-order valence-corrected chi connectivity index (χ2v) is 6.68. The van der Waals surface area contributed by atoms with Gasteiger partial charge in [0, 0.05) is 20.2 Å². The van der Waals surface area contributed by atoms with Crippen LogP contribution in [-0.2, 0) is 32.1 Å². The third-order valence-electron chi connectivity index (χ3n) is 4.33. The Morgan fingerprint density at radius 1 is 1.03 bits per heavy atom. The molecule has 30 heavy (non-hydrogen) atoms. The van der Waals surface area contributed by atoms with Crippen molar-refractivity contribution in [1.82, 2.24) is 4.90 Å². The van der Waals surface area contributed by atoms with Crippen molar-refractivity contribution in [2.45, 2.75) is 13.0 Å². The number of nitro groups is 1. The van der Waals surface area contributed by atoms with E-state index in [4.69, 9.17) is 9.47 Å². The fraction of sp³-hybridized carbons (Fsp3) is 0.286. The van der Waals surface area contributed by atoms with Crippen molar-refractivity contribution in [2.24, 2.45) is 5.92 Å². The lowest BCUT2D eigenvalue weighted by Gasteiger charge is -2.16. The number of carbonyl (C=O) groups is 3. The van der Waals surface area contributed by atoms with Gasteiger partial charge in [-0.1, -0.05) is 36.4 Å². The van der Waals surface area contributed by atoms with Crippen LogP contribution in [0.4, 0.5) is 5.69 Å². The minimum Gasteiger partial charge on any atom is -0.468 e. The molecule has 0 bridgehead atoms. The number of amides is 1. The predicted molar refractivity (Wildman–Crippen MR) is 107 cm³/mol. The standard InChI is InChI=1S/C21H22N2O7/c1-22(2)19(24)16-11-15(9-10-18(16)23(27)28)12-17(20(25)29-3)21(26)30-13-14-7-5-4-6-8-14/h4-11,17H,12-13H2,1-3H3. The Balaban J connectivity index is 2.26. The zero-order chi connectivity index (χ0) is 22.3. The van der Waals surface area contributed by atoms with E-state index in [2.05, 4.69) is 0 Å². The molecule has 9 heteroatoms. The molecule has 0 aromatic heterocycles. The number of rotatable bonds is 8. The molecule has 158 valence electrons. The first-order valence-corrected chi connectivity index (χ1v) is 9.02. The van der Waals surface area contributed by atoms with Gasteiger partial charge in [0.2, 0.25) is 0 Å². The molecule has 0 saturated heterocycles. The fourth-order valence-electron chi connectivity index (χ4n) is 2.75. The van der Waals surface area contributed by atoms with Gasteiger partial charge in [0.05, 0.1) is 12.0 Å². The van der Waals surface area contributed by atoms with Crippen molar-refractivity contribution < 1.29 is 28.8 Å². The molecular weight excluding hydrogens is 392 g/mol. The van der Waals surface area contributed by atoms with E-state index in [0.717, 1.165) is 12.7 Å². The zero-order valence-corrected chi connectivity index (χ0v) is 16.9. The molecule has 0 heterocycles. The molecule has 0 N–H and O–H groups in total. The number of hydrogen-bond acceptors (Lipinski definition) is 7. The number of methoxy groups -OCH3 is 1. The summed E-state index contributed by atoms with van der Waals surface area (Å²) in [6.45, 7) is -0.0161. The number of carbonyl (C=O) groups excluding carboxylic acids is 3. The molecular formula is C21H22N2O7. The summed E-state index contributed by atoms with van der Waals surface area (Å²) in [5, 5.41) is 11.3. The number of esters is 2. The zero-order valence-electron chi connectivity index (χ0n) is 16.9. The summed E-state index contributed by atoms with van der Waals surface area (Å²) in [7, 11) is 4.09. The highest BCUT2D eigenvalue weighted by Gasteiger charge is 2.31. The smallest absolute Gasteiger partial charge is 0.321 e. The van der Waals surface area contributed by atoms with Crippen molar-refractivity contribution >= 4 is 23.5 Å². The molecule has 0 saturated carbocycles. The first kappa shape index (κ1) is 22.5. The van der Waals surface area contributed by atoms with E-state index in [-0.39, 0.29) is 24.3 Å². The summed E-state index contributed by atoms with van der Waals surface area (Å²) in [6.07, 6.45) is -0.133. The molecule has 2 aromatic rings. The van der Waals surface area contributed by atoms with Crippen molar-refractivity contribution in [1.29, 1.82) is 0 Å². The van der Waals surface area contributed by atoms with Crippen LogP contribution in [-0.4, -0.2) is 48.9 Å². The topological polar surface area (TPSA) is 116 Å². The van der Waals surface area contributed by atoms with Gasteiger partial charge in [-0.15, -0.1) is 0 Å². The highest BCUT2D eigenvalue weighted by molar-refractivity contribution is 5.98. The van der Waals surface area contributed by atoms with Gasteiger partial charge in [-0.25, -0.2) is 0 Å². The van der Waals surface area contributed by atoms with E-state index in [0.29, 0.717) is 5.56 Å². The quantitative estimate of drug-likeness (QED) is 0.282. The maximum Gasteiger partial charge on any atom is 0.321 e. The first-order chi connectivity index (χ1) is 14.2. The van der Waals surface area contributed by atoms with E-state index in [1.54, 1.807) is 24.3 Å². The minimum absolute atomic E-state index is 0.0161. The van der Waals surface area contributed by atoms with Gasteiger partial charge in [0.15, 0.2) is 5.92 Å². The largest absolute Gasteiger partial charge is 0.468 e. The maximum atomic E-state index is 12.5. The lowest BCUT2D eigenvalue weighted by molar-refractivity contribution is -0.385. The lowest BCUT2D eigenvalue weighted by Crippen LogP contribution is -2.29. The van der Waals surface area contributed by atoms with E-state index in [1.165, 1.54) is 37.2 Å². The Kier molecular flexibility index (Phi) is 7.62. The monoisotopic (exact) mass is 414 g/mol. The summed E-state index contributed by atoms with van der Waals surface area (Å²) < 4.78 is 9.95. The van der Waals surface area contributed by atoms with Gasteiger partial charge < -0.3 is 14.4 Å². The van der Waals surface area contributed by atoms with Gasteiger partial charge in [-0.2, -0.15) is 0 Å². The third-order valence-corrected chi connectivity index (χ3v) is 4.33. The van der Waals surface area contributed by atoms with Gasteiger partial charge >= 0.3 is 11.9 Å². The van der Waals surface area contributed by atoms with Crippen LogP contribution in [0.15, 0.2) is 48.5 Å². The second-order valence-electron chi connectivity index (χ2n) is 6.68. The number of ether oxygens (including phenoxy) is 2. The Labute approximate surface area is 173 Å². The lowest BCUT2D eigenvalue weighted by atomic mass is 9.97. The number of nitrogens with zero attached hydrogens (tertiary/aromatic N) is 2. The summed E-state index contributed by atoms with van der Waals surface area (Å²) in [5.41, 5.74) is 0.643. The van der Waals surface area contributed by atoms with Crippen LogP contribution >= 0.6 is 0 Å². The molecule has 1 atom stereocenters. The molecule has 0 aliphatic heterocycles. The summed E-state index contributed by atoms with van der Waals surface area (Å²) in [6, 6.07) is 12.8. The fourth-order valence-corrected chi connectivity index (χ4v) is 2.75. The summed E-state index contributed by atoms with van der Waals surface area (Å²) in [5.74, 6) is -3.43. The van der Waals surface area contributed by atoms with E-state index < -0.39 is 28.7 Å². The van der Waals surface area contributed by atoms with Crippen LogP contribution in [0.2, 0.25) is 0 Å². The van der Waals surface area contributed by atoms with E-state index >= 15 is 0 Å². The molecule has 2 aromatic carbocycles. The predicted octanol–water partition coefficient (Wildman–Crippen LogP) is 2.37. The molecule has 0 radical (unpaired) electrons. The van der Waals surface area contributed by atoms with Crippen LogP contribution in [0.25, 0.3) is 0 Å². The van der Waals surface area contributed by atoms with Crippen molar-refractivity contribution in [3.05, 3.63) is 75.3 Å². The normalized spacial score (nSPS) is 11.3. The number of hydrogen-bond donors (Lipinski definition) is 0. The molecule has 1 amide bonds. The Morgan fingerprint density at radius 3 is 2.27 bits per heavy atom. The highest BCUT2D eigenvalue weighted by Crippen LogP contribution is 2.23. The van der Waals surface area contributed by atoms with Crippen LogP contribution in [0.3, 0.4) is 0 Å². The maximum absolute atomic E-state index is 12.5. The molecule has 0 spiro atoms. The van der Waals surface area contributed by atoms with Crippen LogP contribution in [0.5, 0.6) is 0 Å². The Bertz CT molecular complexity index is 942. The van der Waals surface area contributed by atoms with Crippen LogP contribution in [0.1, 0.15) is 21.5 Å². The Hall–Kier alpha value is -3.75. The van der Waals surface area contributed by atoms with Crippen LogP contribution in [0, 0.1) is 16.0 Å². The molecule has 0 aliphatic carbocycles. The molecule has 0 fully saturated rings. The third kappa shape index (κ3) is 5.63.